The zero-order valence-corrected chi connectivity index (χ0v) is 13.1. The summed E-state index contributed by atoms with van der Waals surface area (Å²) in [7, 11) is 1.94. The van der Waals surface area contributed by atoms with Crippen LogP contribution in [0, 0.1) is 5.82 Å². The summed E-state index contributed by atoms with van der Waals surface area (Å²) in [4.78, 5) is 12.4. The number of para-hydroxylation sites is 1. The molecule has 3 nitrogen and oxygen atoms in total. The van der Waals surface area contributed by atoms with E-state index in [9.17, 15) is 9.18 Å². The molecule has 2 aromatic carbocycles. The highest BCUT2D eigenvalue weighted by Crippen LogP contribution is 2.20. The third kappa shape index (κ3) is 3.32. The van der Waals surface area contributed by atoms with Crippen molar-refractivity contribution in [2.75, 3.05) is 13.1 Å². The molecule has 0 bridgehead atoms. The molecule has 0 unspecified atom stereocenters. The van der Waals surface area contributed by atoms with Crippen molar-refractivity contribution in [3.05, 3.63) is 71.7 Å². The Kier molecular flexibility index (Phi) is 4.53. The molecule has 0 aliphatic rings. The average molecular weight is 310 g/mol. The Hall–Kier alpha value is -2.46. The summed E-state index contributed by atoms with van der Waals surface area (Å²) in [6, 6.07) is 14.6. The van der Waals surface area contributed by atoms with Gasteiger partial charge < -0.3 is 9.88 Å². The van der Waals surface area contributed by atoms with Crippen LogP contribution in [0.1, 0.15) is 15.9 Å². The number of carbonyl (C=O) groups is 1. The summed E-state index contributed by atoms with van der Waals surface area (Å²) in [5, 5.41) is 4.08. The van der Waals surface area contributed by atoms with Crippen molar-refractivity contribution >= 4 is 16.7 Å². The number of halogens is 1. The largest absolute Gasteiger partial charge is 0.350 e. The third-order valence-corrected chi connectivity index (χ3v) is 4.01. The highest BCUT2D eigenvalue weighted by atomic mass is 19.1. The van der Waals surface area contributed by atoms with E-state index in [1.165, 1.54) is 6.07 Å². The van der Waals surface area contributed by atoms with Crippen molar-refractivity contribution in [2.45, 2.75) is 6.42 Å². The molecule has 0 saturated carbocycles. The first-order valence-electron chi connectivity index (χ1n) is 7.68. The number of rotatable bonds is 6. The molecule has 4 heteroatoms. The topological polar surface area (TPSA) is 34.0 Å². The molecule has 3 aromatic rings. The minimum atomic E-state index is -0.199. The fourth-order valence-electron chi connectivity index (χ4n) is 2.79. The summed E-state index contributed by atoms with van der Waals surface area (Å²) < 4.78 is 15.5. The van der Waals surface area contributed by atoms with Gasteiger partial charge in [-0.05, 0) is 30.7 Å². The van der Waals surface area contributed by atoms with Crippen LogP contribution in [0.15, 0.2) is 54.7 Å². The molecule has 0 amide bonds. The van der Waals surface area contributed by atoms with E-state index < -0.39 is 0 Å². The lowest BCUT2D eigenvalue weighted by atomic mass is 10.1. The number of carbonyl (C=O) groups excluding carboxylic acids is 1. The lowest BCUT2D eigenvalue weighted by molar-refractivity contribution is 0.0993. The first-order chi connectivity index (χ1) is 11.2. The standard InChI is InChI=1S/C19H19FN2O/c1-22-13-16(15-7-3-5-9-18(15)22)19(23)12-21-11-10-14-6-2-4-8-17(14)20/h2-9,13,21H,10-12H2,1H3. The number of aromatic nitrogens is 1. The lowest BCUT2D eigenvalue weighted by Crippen LogP contribution is -2.25. The fraction of sp³-hybridized carbons (Fsp3) is 0.211. The number of nitrogens with zero attached hydrogens (tertiary/aromatic N) is 1. The number of Topliss-reactive ketones (excluding diaryl/α,β-unsaturated/α-hetero) is 1. The van der Waals surface area contributed by atoms with Crippen LogP contribution in [0.5, 0.6) is 0 Å². The van der Waals surface area contributed by atoms with Crippen LogP contribution >= 0.6 is 0 Å². The summed E-state index contributed by atoms with van der Waals surface area (Å²) in [5.41, 5.74) is 2.43. The fourth-order valence-corrected chi connectivity index (χ4v) is 2.79. The van der Waals surface area contributed by atoms with Gasteiger partial charge in [0.1, 0.15) is 5.82 Å². The van der Waals surface area contributed by atoms with Crippen LogP contribution in [0.2, 0.25) is 0 Å². The van der Waals surface area contributed by atoms with Crippen LogP contribution in [-0.2, 0) is 13.5 Å². The molecular weight excluding hydrogens is 291 g/mol. The van der Waals surface area contributed by atoms with Crippen LogP contribution in [0.25, 0.3) is 10.9 Å². The first kappa shape index (κ1) is 15.4. The van der Waals surface area contributed by atoms with Gasteiger partial charge in [-0.3, -0.25) is 4.79 Å². The molecule has 0 fully saturated rings. The minimum absolute atomic E-state index is 0.0512. The van der Waals surface area contributed by atoms with E-state index in [2.05, 4.69) is 5.32 Å². The quantitative estimate of drug-likeness (QED) is 0.560. The van der Waals surface area contributed by atoms with E-state index in [0.29, 0.717) is 18.5 Å². The van der Waals surface area contributed by atoms with Gasteiger partial charge >= 0.3 is 0 Å². The van der Waals surface area contributed by atoms with E-state index in [-0.39, 0.29) is 18.1 Å². The highest BCUT2D eigenvalue weighted by Gasteiger charge is 2.13. The number of aryl methyl sites for hydroxylation is 1. The van der Waals surface area contributed by atoms with Crippen molar-refractivity contribution < 1.29 is 9.18 Å². The smallest absolute Gasteiger partial charge is 0.178 e. The predicted octanol–water partition coefficient (Wildman–Crippen LogP) is 3.33. The first-order valence-corrected chi connectivity index (χ1v) is 7.68. The maximum absolute atomic E-state index is 13.5. The Morgan fingerprint density at radius 3 is 2.70 bits per heavy atom. The van der Waals surface area contributed by atoms with Gasteiger partial charge in [-0.2, -0.15) is 0 Å². The molecule has 0 aliphatic carbocycles. The SMILES string of the molecule is Cn1cc(C(=O)CNCCc2ccccc2F)c2ccccc21. The number of hydrogen-bond donors (Lipinski definition) is 1. The van der Waals surface area contributed by atoms with Crippen LogP contribution in [0.4, 0.5) is 4.39 Å². The third-order valence-electron chi connectivity index (χ3n) is 4.01. The van der Waals surface area contributed by atoms with Crippen LogP contribution < -0.4 is 5.32 Å². The second-order valence-corrected chi connectivity index (χ2v) is 5.61. The van der Waals surface area contributed by atoms with Gasteiger partial charge in [0.25, 0.3) is 0 Å². The van der Waals surface area contributed by atoms with Gasteiger partial charge in [0.2, 0.25) is 0 Å². The van der Waals surface area contributed by atoms with Crippen LogP contribution in [-0.4, -0.2) is 23.4 Å². The molecule has 0 spiro atoms. The van der Waals surface area contributed by atoms with Crippen molar-refractivity contribution in [1.29, 1.82) is 0 Å². The van der Waals surface area contributed by atoms with E-state index in [1.54, 1.807) is 12.1 Å². The van der Waals surface area contributed by atoms with E-state index in [1.807, 2.05) is 48.1 Å². The molecule has 0 radical (unpaired) electrons. The van der Waals surface area contributed by atoms with Crippen LogP contribution in [0.3, 0.4) is 0 Å². The number of nitrogens with one attached hydrogen (secondary N) is 1. The van der Waals surface area contributed by atoms with Crippen molar-refractivity contribution in [3.63, 3.8) is 0 Å². The predicted molar refractivity (Wildman–Crippen MR) is 90.2 cm³/mol. The normalized spacial score (nSPS) is 11.0. The molecule has 1 N–H and O–H groups in total. The molecule has 0 saturated heterocycles. The number of ketones is 1. The van der Waals surface area contributed by atoms with Gasteiger partial charge in [-0.25, -0.2) is 4.39 Å². The zero-order valence-electron chi connectivity index (χ0n) is 13.1. The van der Waals surface area contributed by atoms with Gasteiger partial charge in [0, 0.05) is 29.7 Å². The molecule has 118 valence electrons. The molecule has 23 heavy (non-hydrogen) atoms. The molecule has 0 aliphatic heterocycles. The highest BCUT2D eigenvalue weighted by molar-refractivity contribution is 6.09. The summed E-state index contributed by atoms with van der Waals surface area (Å²) in [6.45, 7) is 0.819. The molecule has 0 atom stereocenters. The Morgan fingerprint density at radius 1 is 1.13 bits per heavy atom. The summed E-state index contributed by atoms with van der Waals surface area (Å²) in [5.74, 6) is -0.148. The molecule has 1 heterocycles. The van der Waals surface area contributed by atoms with E-state index in [4.69, 9.17) is 0 Å². The number of fused-ring (bicyclic) bond motifs is 1. The van der Waals surface area contributed by atoms with Gasteiger partial charge in [-0.1, -0.05) is 36.4 Å². The minimum Gasteiger partial charge on any atom is -0.350 e. The Balaban J connectivity index is 1.60. The second-order valence-electron chi connectivity index (χ2n) is 5.61. The van der Waals surface area contributed by atoms with Crippen molar-refractivity contribution in [1.82, 2.24) is 9.88 Å². The second kappa shape index (κ2) is 6.75. The van der Waals surface area contributed by atoms with Gasteiger partial charge in [-0.15, -0.1) is 0 Å². The monoisotopic (exact) mass is 310 g/mol. The Labute approximate surface area is 134 Å². The average Bonchev–Trinajstić information content (AvgIpc) is 2.90. The Bertz CT molecular complexity index is 838. The molecular formula is C19H19FN2O. The van der Waals surface area contributed by atoms with E-state index in [0.717, 1.165) is 16.5 Å². The Morgan fingerprint density at radius 2 is 1.87 bits per heavy atom. The summed E-state index contributed by atoms with van der Waals surface area (Å²) >= 11 is 0. The van der Waals surface area contributed by atoms with Crippen molar-refractivity contribution in [2.24, 2.45) is 7.05 Å². The molecule has 1 aromatic heterocycles. The lowest BCUT2D eigenvalue weighted by Gasteiger charge is -2.05. The van der Waals surface area contributed by atoms with E-state index >= 15 is 0 Å². The molecule has 3 rings (SSSR count). The number of benzene rings is 2. The summed E-state index contributed by atoms with van der Waals surface area (Å²) in [6.07, 6.45) is 2.43. The van der Waals surface area contributed by atoms with Gasteiger partial charge in [0.15, 0.2) is 5.78 Å². The maximum Gasteiger partial charge on any atom is 0.178 e. The zero-order chi connectivity index (χ0) is 16.2. The number of hydrogen-bond acceptors (Lipinski definition) is 2. The van der Waals surface area contributed by atoms with Crippen molar-refractivity contribution in [3.8, 4) is 0 Å². The van der Waals surface area contributed by atoms with Gasteiger partial charge in [0.05, 0.1) is 6.54 Å². The maximum atomic E-state index is 13.5.